The fourth-order valence-electron chi connectivity index (χ4n) is 2.68. The first-order valence-corrected chi connectivity index (χ1v) is 8.16. The molecule has 0 amide bonds. The Morgan fingerprint density at radius 1 is 1.29 bits per heavy atom. The SMILES string of the molecule is Cc1cccc([C@H](C)NCc2c(C)nc3scc(C)n23)c1. The van der Waals surface area contributed by atoms with E-state index in [0.717, 1.165) is 17.2 Å². The van der Waals surface area contributed by atoms with Gasteiger partial charge in [-0.2, -0.15) is 0 Å². The number of rotatable bonds is 4. The van der Waals surface area contributed by atoms with Gasteiger partial charge in [0.05, 0.1) is 11.4 Å². The molecule has 3 rings (SSSR count). The Bertz CT molecular complexity index is 770. The van der Waals surface area contributed by atoms with Crippen molar-refractivity contribution in [2.75, 3.05) is 0 Å². The fraction of sp³-hybridized carbons (Fsp3) is 0.353. The van der Waals surface area contributed by atoms with Crippen molar-refractivity contribution >= 4 is 16.3 Å². The third-order valence-corrected chi connectivity index (χ3v) is 4.89. The van der Waals surface area contributed by atoms with E-state index in [4.69, 9.17) is 0 Å². The van der Waals surface area contributed by atoms with E-state index in [1.807, 2.05) is 0 Å². The summed E-state index contributed by atoms with van der Waals surface area (Å²) in [5.74, 6) is 0. The van der Waals surface area contributed by atoms with E-state index in [0.29, 0.717) is 6.04 Å². The Balaban J connectivity index is 1.80. The van der Waals surface area contributed by atoms with Gasteiger partial charge < -0.3 is 5.32 Å². The number of nitrogens with zero attached hydrogens (tertiary/aromatic N) is 2. The highest BCUT2D eigenvalue weighted by atomic mass is 32.1. The van der Waals surface area contributed by atoms with Crippen LogP contribution in [-0.2, 0) is 6.54 Å². The second-order valence-electron chi connectivity index (χ2n) is 5.66. The first-order chi connectivity index (χ1) is 10.1. The highest BCUT2D eigenvalue weighted by Gasteiger charge is 2.13. The monoisotopic (exact) mass is 299 g/mol. The normalized spacial score (nSPS) is 13.0. The lowest BCUT2D eigenvalue weighted by Crippen LogP contribution is -2.19. The number of thiazole rings is 1. The molecule has 0 aliphatic carbocycles. The molecule has 1 aromatic carbocycles. The lowest BCUT2D eigenvalue weighted by Gasteiger charge is -2.15. The summed E-state index contributed by atoms with van der Waals surface area (Å²) in [4.78, 5) is 5.73. The van der Waals surface area contributed by atoms with E-state index in [9.17, 15) is 0 Å². The van der Waals surface area contributed by atoms with Gasteiger partial charge in [-0.1, -0.05) is 29.8 Å². The fourth-order valence-corrected chi connectivity index (χ4v) is 3.61. The maximum atomic E-state index is 4.64. The summed E-state index contributed by atoms with van der Waals surface area (Å²) >= 11 is 1.71. The number of imidazole rings is 1. The summed E-state index contributed by atoms with van der Waals surface area (Å²) in [5.41, 5.74) is 6.28. The Hall–Kier alpha value is -1.65. The quantitative estimate of drug-likeness (QED) is 0.783. The molecular formula is C17H21N3S. The summed E-state index contributed by atoms with van der Waals surface area (Å²) < 4.78 is 2.26. The van der Waals surface area contributed by atoms with Crippen molar-refractivity contribution in [1.29, 1.82) is 0 Å². The topological polar surface area (TPSA) is 29.3 Å². The van der Waals surface area contributed by atoms with Gasteiger partial charge in [0.15, 0.2) is 4.96 Å². The van der Waals surface area contributed by atoms with Crippen molar-refractivity contribution in [1.82, 2.24) is 14.7 Å². The summed E-state index contributed by atoms with van der Waals surface area (Å²) in [7, 11) is 0. The number of nitrogens with one attached hydrogen (secondary N) is 1. The van der Waals surface area contributed by atoms with Gasteiger partial charge in [-0.25, -0.2) is 4.98 Å². The predicted octanol–water partition coefficient (Wildman–Crippen LogP) is 4.17. The van der Waals surface area contributed by atoms with Crippen LogP contribution >= 0.6 is 11.3 Å². The van der Waals surface area contributed by atoms with Crippen LogP contribution in [0.2, 0.25) is 0 Å². The van der Waals surface area contributed by atoms with E-state index in [1.165, 1.54) is 22.5 Å². The Morgan fingerprint density at radius 3 is 2.86 bits per heavy atom. The molecule has 0 radical (unpaired) electrons. The number of benzene rings is 1. The lowest BCUT2D eigenvalue weighted by atomic mass is 10.1. The van der Waals surface area contributed by atoms with Crippen molar-refractivity contribution in [2.45, 2.75) is 40.3 Å². The van der Waals surface area contributed by atoms with Gasteiger partial charge in [-0.05, 0) is 33.3 Å². The largest absolute Gasteiger partial charge is 0.305 e. The number of aryl methyl sites for hydroxylation is 3. The maximum Gasteiger partial charge on any atom is 0.194 e. The zero-order valence-corrected chi connectivity index (χ0v) is 13.8. The third kappa shape index (κ3) is 2.74. The van der Waals surface area contributed by atoms with E-state index in [-0.39, 0.29) is 0 Å². The zero-order valence-electron chi connectivity index (χ0n) is 13.0. The summed E-state index contributed by atoms with van der Waals surface area (Å²) in [6.45, 7) is 9.41. The lowest BCUT2D eigenvalue weighted by molar-refractivity contribution is 0.563. The second kappa shape index (κ2) is 5.62. The summed E-state index contributed by atoms with van der Waals surface area (Å²) in [5, 5.41) is 5.78. The molecule has 1 atom stereocenters. The summed E-state index contributed by atoms with van der Waals surface area (Å²) in [6, 6.07) is 9.00. The molecule has 0 unspecified atom stereocenters. The van der Waals surface area contributed by atoms with Crippen LogP contribution in [0.5, 0.6) is 0 Å². The number of aromatic nitrogens is 2. The third-order valence-electron chi connectivity index (χ3n) is 3.95. The van der Waals surface area contributed by atoms with Crippen LogP contribution in [-0.4, -0.2) is 9.38 Å². The van der Waals surface area contributed by atoms with E-state index >= 15 is 0 Å². The van der Waals surface area contributed by atoms with Crippen molar-refractivity contribution in [2.24, 2.45) is 0 Å². The van der Waals surface area contributed by atoms with Crippen molar-refractivity contribution in [3.8, 4) is 0 Å². The van der Waals surface area contributed by atoms with Gasteiger partial charge in [0.2, 0.25) is 0 Å². The van der Waals surface area contributed by atoms with Gasteiger partial charge in [0, 0.05) is 23.7 Å². The zero-order chi connectivity index (χ0) is 15.0. The number of hydrogen-bond donors (Lipinski definition) is 1. The molecule has 3 aromatic rings. The van der Waals surface area contributed by atoms with Gasteiger partial charge in [0.1, 0.15) is 0 Å². The molecule has 3 nitrogen and oxygen atoms in total. The molecule has 1 N–H and O–H groups in total. The molecule has 0 aliphatic rings. The Morgan fingerprint density at radius 2 is 2.10 bits per heavy atom. The molecule has 2 aromatic heterocycles. The van der Waals surface area contributed by atoms with Crippen LogP contribution in [0.1, 0.15) is 41.2 Å². The number of hydrogen-bond acceptors (Lipinski definition) is 3. The van der Waals surface area contributed by atoms with Gasteiger partial charge in [0.25, 0.3) is 0 Å². The molecule has 4 heteroatoms. The van der Waals surface area contributed by atoms with Crippen LogP contribution in [0.3, 0.4) is 0 Å². The van der Waals surface area contributed by atoms with E-state index in [1.54, 1.807) is 11.3 Å². The molecule has 0 aliphatic heterocycles. The predicted molar refractivity (Wildman–Crippen MR) is 89.0 cm³/mol. The minimum Gasteiger partial charge on any atom is -0.305 e. The van der Waals surface area contributed by atoms with Crippen LogP contribution in [0, 0.1) is 20.8 Å². The maximum absolute atomic E-state index is 4.64. The van der Waals surface area contributed by atoms with Crippen LogP contribution in [0.25, 0.3) is 4.96 Å². The highest BCUT2D eigenvalue weighted by Crippen LogP contribution is 2.21. The molecule has 110 valence electrons. The number of fused-ring (bicyclic) bond motifs is 1. The highest BCUT2D eigenvalue weighted by molar-refractivity contribution is 7.15. The van der Waals surface area contributed by atoms with Gasteiger partial charge in [-0.3, -0.25) is 4.40 Å². The van der Waals surface area contributed by atoms with Crippen molar-refractivity contribution in [3.05, 3.63) is 57.9 Å². The van der Waals surface area contributed by atoms with Crippen LogP contribution in [0.15, 0.2) is 29.6 Å². The first-order valence-electron chi connectivity index (χ1n) is 7.28. The minimum atomic E-state index is 0.328. The average Bonchev–Trinajstić information content (AvgIpc) is 2.96. The smallest absolute Gasteiger partial charge is 0.194 e. The Labute approximate surface area is 129 Å². The minimum absolute atomic E-state index is 0.328. The van der Waals surface area contributed by atoms with Gasteiger partial charge in [-0.15, -0.1) is 11.3 Å². The first kappa shape index (κ1) is 14.3. The standard InChI is InChI=1S/C17H21N3S/c1-11-6-5-7-15(8-11)13(3)18-9-16-14(4)19-17-20(16)12(2)10-21-17/h5-8,10,13,18H,9H2,1-4H3/t13-/m0/s1. The molecular weight excluding hydrogens is 278 g/mol. The van der Waals surface area contributed by atoms with E-state index < -0.39 is 0 Å². The molecule has 0 fully saturated rings. The van der Waals surface area contributed by atoms with E-state index in [2.05, 4.69) is 72.0 Å². The molecule has 0 saturated heterocycles. The van der Waals surface area contributed by atoms with Crippen LogP contribution < -0.4 is 5.32 Å². The van der Waals surface area contributed by atoms with Gasteiger partial charge >= 0.3 is 0 Å². The average molecular weight is 299 g/mol. The molecule has 0 saturated carbocycles. The molecule has 21 heavy (non-hydrogen) atoms. The summed E-state index contributed by atoms with van der Waals surface area (Å²) in [6.07, 6.45) is 0. The molecule has 2 heterocycles. The molecule has 0 bridgehead atoms. The van der Waals surface area contributed by atoms with Crippen molar-refractivity contribution in [3.63, 3.8) is 0 Å². The molecule has 0 spiro atoms. The van der Waals surface area contributed by atoms with Crippen LogP contribution in [0.4, 0.5) is 0 Å². The second-order valence-corrected chi connectivity index (χ2v) is 6.49. The Kier molecular flexibility index (Phi) is 3.83. The van der Waals surface area contributed by atoms with Crippen molar-refractivity contribution < 1.29 is 0 Å².